The monoisotopic (exact) mass is 455 g/mol. The minimum Gasteiger partial charge on any atom is -0.489 e. The highest BCUT2D eigenvalue weighted by molar-refractivity contribution is 5.81. The third-order valence-corrected chi connectivity index (χ3v) is 6.13. The lowest BCUT2D eigenvalue weighted by atomic mass is 10.2. The van der Waals surface area contributed by atoms with Crippen LogP contribution in [0.2, 0.25) is 0 Å². The highest BCUT2D eigenvalue weighted by Crippen LogP contribution is 2.21. The molecule has 6 nitrogen and oxygen atoms in total. The van der Waals surface area contributed by atoms with E-state index in [2.05, 4.69) is 9.88 Å². The van der Waals surface area contributed by atoms with Gasteiger partial charge in [0.25, 0.3) is 5.56 Å². The maximum atomic E-state index is 12.7. The molecule has 3 heterocycles. The van der Waals surface area contributed by atoms with Crippen LogP contribution in [0.25, 0.3) is 16.6 Å². The van der Waals surface area contributed by atoms with E-state index in [0.29, 0.717) is 24.8 Å². The lowest BCUT2D eigenvalue weighted by Gasteiger charge is -2.14. The Bertz CT molecular complexity index is 1300. The van der Waals surface area contributed by atoms with E-state index >= 15 is 0 Å². The van der Waals surface area contributed by atoms with Crippen LogP contribution in [0.3, 0.4) is 0 Å². The second kappa shape index (κ2) is 10.5. The molecule has 0 radical (unpaired) electrons. The van der Waals surface area contributed by atoms with E-state index in [4.69, 9.17) is 9.47 Å². The van der Waals surface area contributed by atoms with Gasteiger partial charge in [-0.25, -0.2) is 4.98 Å². The lowest BCUT2D eigenvalue weighted by molar-refractivity contribution is 0.257. The zero-order chi connectivity index (χ0) is 23.2. The van der Waals surface area contributed by atoms with E-state index in [1.54, 1.807) is 10.8 Å². The Morgan fingerprint density at radius 1 is 0.882 bits per heavy atom. The first kappa shape index (κ1) is 22.2. The van der Waals surface area contributed by atoms with Gasteiger partial charge in [0.1, 0.15) is 12.4 Å². The van der Waals surface area contributed by atoms with Crippen molar-refractivity contribution in [2.75, 3.05) is 26.2 Å². The molecule has 0 amide bonds. The highest BCUT2D eigenvalue weighted by atomic mass is 16.5. The van der Waals surface area contributed by atoms with E-state index in [9.17, 15) is 4.79 Å². The van der Waals surface area contributed by atoms with Gasteiger partial charge in [-0.1, -0.05) is 30.3 Å². The molecule has 0 aliphatic carbocycles. The smallest absolute Gasteiger partial charge is 0.258 e. The van der Waals surface area contributed by atoms with Crippen molar-refractivity contribution in [2.45, 2.75) is 25.9 Å². The van der Waals surface area contributed by atoms with Crippen LogP contribution < -0.4 is 15.0 Å². The number of likely N-dealkylation sites (tertiary alicyclic amines) is 1. The normalized spacial score (nSPS) is 13.9. The van der Waals surface area contributed by atoms with E-state index in [1.165, 1.54) is 32.0 Å². The van der Waals surface area contributed by atoms with Crippen LogP contribution in [0.4, 0.5) is 0 Å². The van der Waals surface area contributed by atoms with Gasteiger partial charge < -0.3 is 14.4 Å². The SMILES string of the molecule is O=c1cc(OCc2ccccc2)ccn1-c1ccc2nc(OCCCN3CCCC3)ccc2c1. The summed E-state index contributed by atoms with van der Waals surface area (Å²) >= 11 is 0. The molecule has 6 heteroatoms. The number of rotatable bonds is 9. The van der Waals surface area contributed by atoms with Crippen LogP contribution in [-0.4, -0.2) is 40.7 Å². The zero-order valence-corrected chi connectivity index (χ0v) is 19.2. The molecular weight excluding hydrogens is 426 g/mol. The molecule has 174 valence electrons. The fourth-order valence-corrected chi connectivity index (χ4v) is 4.30. The third-order valence-electron chi connectivity index (χ3n) is 6.13. The number of hydrogen-bond donors (Lipinski definition) is 0. The van der Waals surface area contributed by atoms with Crippen LogP contribution >= 0.6 is 0 Å². The highest BCUT2D eigenvalue weighted by Gasteiger charge is 2.10. The summed E-state index contributed by atoms with van der Waals surface area (Å²) in [6.45, 7) is 4.60. The summed E-state index contributed by atoms with van der Waals surface area (Å²) in [6, 6.07) is 22.9. The molecule has 0 N–H and O–H groups in total. The van der Waals surface area contributed by atoms with Gasteiger partial charge in [0, 0.05) is 35.9 Å². The maximum Gasteiger partial charge on any atom is 0.258 e. The van der Waals surface area contributed by atoms with Crippen molar-refractivity contribution in [3.8, 4) is 17.3 Å². The largest absolute Gasteiger partial charge is 0.489 e. The van der Waals surface area contributed by atoms with Crippen molar-refractivity contribution >= 4 is 10.9 Å². The first-order valence-electron chi connectivity index (χ1n) is 11.9. The van der Waals surface area contributed by atoms with Gasteiger partial charge in [-0.05, 0) is 68.2 Å². The van der Waals surface area contributed by atoms with Crippen LogP contribution in [0.15, 0.2) is 83.8 Å². The van der Waals surface area contributed by atoms with Crippen molar-refractivity contribution in [1.82, 2.24) is 14.5 Å². The summed E-state index contributed by atoms with van der Waals surface area (Å²) in [5.74, 6) is 1.19. The van der Waals surface area contributed by atoms with Gasteiger partial charge in [0.2, 0.25) is 5.88 Å². The average Bonchev–Trinajstić information content (AvgIpc) is 3.39. The van der Waals surface area contributed by atoms with Gasteiger partial charge in [0.05, 0.1) is 12.1 Å². The fourth-order valence-electron chi connectivity index (χ4n) is 4.30. The molecule has 1 fully saturated rings. The molecule has 2 aromatic carbocycles. The number of fused-ring (bicyclic) bond motifs is 1. The van der Waals surface area contributed by atoms with Gasteiger partial charge in [-0.2, -0.15) is 0 Å². The Balaban J connectivity index is 1.22. The zero-order valence-electron chi connectivity index (χ0n) is 19.2. The Labute approximate surface area is 199 Å². The van der Waals surface area contributed by atoms with Crippen molar-refractivity contribution in [1.29, 1.82) is 0 Å². The molecule has 1 aliphatic rings. The average molecular weight is 456 g/mol. The lowest BCUT2D eigenvalue weighted by Crippen LogP contribution is -2.22. The van der Waals surface area contributed by atoms with Gasteiger partial charge in [0.15, 0.2) is 0 Å². The van der Waals surface area contributed by atoms with E-state index in [0.717, 1.165) is 35.1 Å². The molecule has 1 aliphatic heterocycles. The van der Waals surface area contributed by atoms with Gasteiger partial charge in [-0.15, -0.1) is 0 Å². The first-order valence-corrected chi connectivity index (χ1v) is 11.9. The molecular formula is C28H29N3O3. The Morgan fingerprint density at radius 3 is 2.56 bits per heavy atom. The second-order valence-electron chi connectivity index (χ2n) is 8.62. The summed E-state index contributed by atoms with van der Waals surface area (Å²) in [6.07, 6.45) is 5.38. The van der Waals surface area contributed by atoms with Crippen molar-refractivity contribution < 1.29 is 9.47 Å². The second-order valence-corrected chi connectivity index (χ2v) is 8.62. The van der Waals surface area contributed by atoms with E-state index in [-0.39, 0.29) is 5.56 Å². The Hall–Kier alpha value is -3.64. The van der Waals surface area contributed by atoms with Gasteiger partial charge in [-0.3, -0.25) is 9.36 Å². The number of pyridine rings is 2. The van der Waals surface area contributed by atoms with Crippen molar-refractivity contribution in [3.05, 3.63) is 94.9 Å². The summed E-state index contributed by atoms with van der Waals surface area (Å²) in [4.78, 5) is 19.8. The van der Waals surface area contributed by atoms with Crippen LogP contribution in [-0.2, 0) is 6.61 Å². The van der Waals surface area contributed by atoms with Crippen molar-refractivity contribution in [2.24, 2.45) is 0 Å². The molecule has 0 unspecified atom stereocenters. The number of aromatic nitrogens is 2. The summed E-state index contributed by atoms with van der Waals surface area (Å²) < 4.78 is 13.3. The summed E-state index contributed by atoms with van der Waals surface area (Å²) in [5.41, 5.74) is 2.55. The Morgan fingerprint density at radius 2 is 1.74 bits per heavy atom. The Kier molecular flexibility index (Phi) is 6.86. The summed E-state index contributed by atoms with van der Waals surface area (Å²) in [5, 5.41) is 0.957. The minimum atomic E-state index is -0.143. The topological polar surface area (TPSA) is 56.6 Å². The quantitative estimate of drug-likeness (QED) is 0.339. The van der Waals surface area contributed by atoms with Gasteiger partial charge >= 0.3 is 0 Å². The number of nitrogens with zero attached hydrogens (tertiary/aromatic N) is 3. The predicted molar refractivity (Wildman–Crippen MR) is 134 cm³/mol. The number of benzene rings is 2. The van der Waals surface area contributed by atoms with E-state index < -0.39 is 0 Å². The molecule has 2 aromatic heterocycles. The van der Waals surface area contributed by atoms with Crippen LogP contribution in [0.1, 0.15) is 24.8 Å². The van der Waals surface area contributed by atoms with Crippen LogP contribution in [0.5, 0.6) is 11.6 Å². The molecule has 0 spiro atoms. The number of ether oxygens (including phenoxy) is 2. The van der Waals surface area contributed by atoms with Crippen molar-refractivity contribution in [3.63, 3.8) is 0 Å². The number of hydrogen-bond acceptors (Lipinski definition) is 5. The van der Waals surface area contributed by atoms with Crippen LogP contribution in [0, 0.1) is 0 Å². The maximum absolute atomic E-state index is 12.7. The molecule has 5 rings (SSSR count). The molecule has 0 atom stereocenters. The molecule has 4 aromatic rings. The molecule has 34 heavy (non-hydrogen) atoms. The fraction of sp³-hybridized carbons (Fsp3) is 0.286. The molecule has 0 saturated carbocycles. The molecule has 1 saturated heterocycles. The summed E-state index contributed by atoms with van der Waals surface area (Å²) in [7, 11) is 0. The first-order chi connectivity index (χ1) is 16.7. The third kappa shape index (κ3) is 5.46. The minimum absolute atomic E-state index is 0.143. The predicted octanol–water partition coefficient (Wildman–Crippen LogP) is 4.83. The standard InChI is InChI=1S/C28H29N3O3/c32-28-20-25(34-21-22-7-2-1-3-8-22)13-17-31(28)24-10-11-26-23(19-24)9-12-27(29-26)33-18-6-16-30-14-4-5-15-30/h1-3,7-13,17,19-20H,4-6,14-16,18,21H2. The molecule has 0 bridgehead atoms. The van der Waals surface area contributed by atoms with E-state index in [1.807, 2.05) is 66.7 Å².